The largest absolute Gasteiger partial charge is 0.586 e. The number of rotatable bonds is 23. The number of aromatic carboxylic acids is 1. The lowest BCUT2D eigenvalue weighted by molar-refractivity contribution is -0.286. The van der Waals surface area contributed by atoms with Gasteiger partial charge in [-0.05, 0) is 323 Å². The molecule has 134 heavy (non-hydrogen) atoms. The number of fused-ring (bicyclic) bond motifs is 6. The Kier molecular flexibility index (Phi) is 23.2. The van der Waals surface area contributed by atoms with Crippen LogP contribution in [0.1, 0.15) is 147 Å². The van der Waals surface area contributed by atoms with Gasteiger partial charge in [-0.1, -0.05) is 121 Å². The molecule has 0 atom stereocenters. The van der Waals surface area contributed by atoms with Crippen LogP contribution < -0.4 is 49.1 Å². The number of sulfonamides is 1. The molecule has 25 heteroatoms. The van der Waals surface area contributed by atoms with Crippen molar-refractivity contribution in [2.75, 3.05) is 42.2 Å². The summed E-state index contributed by atoms with van der Waals surface area (Å²) in [5, 5.41) is 30.1. The molecule has 4 fully saturated rings. The van der Waals surface area contributed by atoms with Crippen molar-refractivity contribution in [3.05, 3.63) is 326 Å². The number of hydrogen-bond donors (Lipinski definition) is 8. The molecule has 8 aliphatic rings. The van der Waals surface area contributed by atoms with Gasteiger partial charge in [0.15, 0.2) is 23.0 Å². The zero-order valence-corrected chi connectivity index (χ0v) is 75.5. The van der Waals surface area contributed by atoms with E-state index in [0.717, 1.165) is 202 Å². The number of ketones is 1. The molecule has 4 aliphatic heterocycles. The topological polar surface area (TPSA) is 312 Å². The number of carbonyl (C=O) groups excluding carboxylic acids is 4. The minimum absolute atomic E-state index is 0. The van der Waals surface area contributed by atoms with Crippen molar-refractivity contribution in [2.45, 2.75) is 146 Å². The molecule has 2 aromatic heterocycles. The molecule has 8 N–H and O–H groups in total. The fraction of sp³-hybridized carbons (Fsp3) is 0.248. The number of alkyl halides is 2. The zero-order valence-electron chi connectivity index (χ0n) is 74.7. The maximum atomic E-state index is 13.4. The molecule has 4 saturated carbocycles. The average Bonchev–Trinajstić information content (AvgIpc) is 1.59. The Morgan fingerprint density at radius 3 is 1.48 bits per heavy atom. The van der Waals surface area contributed by atoms with Crippen molar-refractivity contribution >= 4 is 84.3 Å². The fourth-order valence-corrected chi connectivity index (χ4v) is 19.3. The quantitative estimate of drug-likeness (QED) is 0.0295. The number of carboxylic acids is 2. The highest BCUT2D eigenvalue weighted by Crippen LogP contribution is 2.56. The molecule has 6 heterocycles. The van der Waals surface area contributed by atoms with E-state index >= 15 is 0 Å². The molecule has 690 valence electrons. The maximum absolute atomic E-state index is 13.4. The van der Waals surface area contributed by atoms with E-state index in [1.807, 2.05) is 198 Å². The monoisotopic (exact) mass is 1830 g/mol. The van der Waals surface area contributed by atoms with Gasteiger partial charge in [0.2, 0.25) is 34.5 Å². The fourth-order valence-electron chi connectivity index (χ4n) is 18.8. The standard InChI is InChI=1S/C28H24N2O5.C27H21F2NO3.C27H28N2O4S.C27H25NO4.5H2/c1-16-2-5-20(13-21(16)17-3-6-23-22(10-17)18(14-29-23)11-26(31)32)30-27(33)28(8-9-28)19-4-7-24-25(12-19)35-15-34-24;1-16-2-3-17(12-21(16)18-4-6-22-19(14-18)8-11-30-22)13-25(31)26(9-10-26)20-5-7-23-24(15-20)33-27(28,29)32-23;1-18-3-9-23(16-24(18)20-6-4-19(5-7-20)17-28-34(2,31)32)29-26(30)27(12-13-27)22-8-10-25-21(15-22)11-14-33-25;1-16-6-8-20(15-23(16)21-4-3-5-22(17(21)2)25(29)30)28-26(31)27(11-12-27)19-7-9-24-18(14-19)10-13-32-24;;;;;/h2-7,10,12-14,29H,8-9,11,15H2,1H3,(H,30,33)(H,31,32);2-8,11-12,14-15,30H,9-10,13H2,1H3;3-10,15-16,28H,11-14,17H2,1-2H3,(H,29,30);3-9,14-15H,10-13H2,1-2H3,(H,28,31)(H,29,30);5*1H. The number of anilines is 3. The summed E-state index contributed by atoms with van der Waals surface area (Å²) in [5.74, 6) is 1.50. The molecule has 0 bridgehead atoms. The summed E-state index contributed by atoms with van der Waals surface area (Å²) >= 11 is 0. The van der Waals surface area contributed by atoms with Crippen molar-refractivity contribution in [3.8, 4) is 79.0 Å². The predicted molar refractivity (Wildman–Crippen MR) is 520 cm³/mol. The Bertz CT molecular complexity index is 7280. The van der Waals surface area contributed by atoms with Crippen LogP contribution in [-0.4, -0.2) is 96.6 Å². The molecule has 22 rings (SSSR count). The van der Waals surface area contributed by atoms with E-state index in [1.54, 1.807) is 24.4 Å². The summed E-state index contributed by atoms with van der Waals surface area (Å²) in [4.78, 5) is 82.5. The van der Waals surface area contributed by atoms with Gasteiger partial charge < -0.3 is 64.6 Å². The van der Waals surface area contributed by atoms with Crippen molar-refractivity contribution in [2.24, 2.45) is 0 Å². The first-order valence-electron chi connectivity index (χ1n) is 44.9. The first kappa shape index (κ1) is 88.6. The maximum Gasteiger partial charge on any atom is 0.586 e. The first-order chi connectivity index (χ1) is 64.4. The van der Waals surface area contributed by atoms with Gasteiger partial charge in [0, 0.05) is 78.8 Å². The number of hydrogen-bond acceptors (Lipinski definition) is 14. The SMILES string of the molecule is Cc1ccc(CC(=O)C2(c3ccc4c(c3)OC(F)(F)O4)CC2)cc1-c1ccc2[nH]ccc2c1.Cc1ccc(NC(=O)C2(c3ccc4c(c3)CCO4)CC2)cc1-c1ccc(CNS(C)(=O)=O)cc1.Cc1ccc(NC(=O)C2(c3ccc4c(c3)CCO4)CC2)cc1-c1cccc(C(=O)O)c1C.Cc1ccc(NC(=O)C2(c3ccc4c(c3)OCO4)CC2)cc1-c1ccc2[nH]cc(CC(=O)O)c2c1.[HH].[HH].[HH].[HH].[HH]. The highest BCUT2D eigenvalue weighted by atomic mass is 32.2. The van der Waals surface area contributed by atoms with Crippen LogP contribution in [0, 0.1) is 34.6 Å². The van der Waals surface area contributed by atoms with Crippen LogP contribution in [0.3, 0.4) is 0 Å². The Hall–Kier alpha value is -14.7. The Labute approximate surface area is 780 Å². The molecule has 12 aromatic carbocycles. The number of nitrogens with one attached hydrogen (secondary N) is 6. The minimum atomic E-state index is -3.66. The van der Waals surface area contributed by atoms with Gasteiger partial charge >= 0.3 is 18.2 Å². The summed E-state index contributed by atoms with van der Waals surface area (Å²) in [5.41, 5.74) is 24.0. The van der Waals surface area contributed by atoms with Crippen LogP contribution in [0.4, 0.5) is 25.8 Å². The normalized spacial score (nSPS) is 16.0. The van der Waals surface area contributed by atoms with Crippen molar-refractivity contribution in [1.82, 2.24) is 14.7 Å². The van der Waals surface area contributed by atoms with Crippen LogP contribution in [0.25, 0.3) is 66.3 Å². The third-order valence-electron chi connectivity index (χ3n) is 27.3. The first-order valence-corrected chi connectivity index (χ1v) is 46.8. The van der Waals surface area contributed by atoms with Gasteiger partial charge in [0.25, 0.3) is 0 Å². The number of aryl methyl sites for hydroxylation is 4. The number of H-pyrrole nitrogens is 2. The second-order valence-corrected chi connectivity index (χ2v) is 38.1. The minimum Gasteiger partial charge on any atom is -0.493 e. The van der Waals surface area contributed by atoms with Gasteiger partial charge in [0.05, 0.1) is 53.1 Å². The van der Waals surface area contributed by atoms with E-state index in [2.05, 4.69) is 83.4 Å². The summed E-state index contributed by atoms with van der Waals surface area (Å²) in [6.45, 7) is 11.8. The molecule has 0 saturated heterocycles. The van der Waals surface area contributed by atoms with Gasteiger partial charge in [-0.25, -0.2) is 17.9 Å². The third kappa shape index (κ3) is 18.1. The Balaban J connectivity index is 0.000000146. The van der Waals surface area contributed by atoms with Crippen molar-refractivity contribution < 1.29 is 91.7 Å². The van der Waals surface area contributed by atoms with E-state index in [1.165, 1.54) is 23.3 Å². The van der Waals surface area contributed by atoms with Crippen LogP contribution in [0.15, 0.2) is 243 Å². The Morgan fingerprint density at radius 2 is 0.910 bits per heavy atom. The van der Waals surface area contributed by atoms with Crippen LogP contribution in [0.5, 0.6) is 34.5 Å². The lowest BCUT2D eigenvalue weighted by Gasteiger charge is -2.18. The molecule has 14 aromatic rings. The number of amides is 3. The molecule has 3 amide bonds. The lowest BCUT2D eigenvalue weighted by atomic mass is 9.87. The third-order valence-corrected chi connectivity index (χ3v) is 28.0. The van der Waals surface area contributed by atoms with E-state index in [-0.39, 0.29) is 73.9 Å². The highest BCUT2D eigenvalue weighted by Gasteiger charge is 2.55. The number of carbonyl (C=O) groups is 6. The number of benzene rings is 12. The number of ether oxygens (including phenoxy) is 6. The van der Waals surface area contributed by atoms with Crippen molar-refractivity contribution in [3.63, 3.8) is 0 Å². The van der Waals surface area contributed by atoms with Crippen LogP contribution in [-0.2, 0) is 87.9 Å². The molecular formula is C109H108F2N6O16S. The van der Waals surface area contributed by atoms with Gasteiger partial charge in [-0.2, -0.15) is 0 Å². The summed E-state index contributed by atoms with van der Waals surface area (Å²) < 4.78 is 83.1. The average molecular weight is 1830 g/mol. The van der Waals surface area contributed by atoms with E-state index in [4.69, 9.17) is 18.9 Å². The second kappa shape index (κ2) is 35.1. The lowest BCUT2D eigenvalue weighted by Crippen LogP contribution is -2.27. The molecule has 0 radical (unpaired) electrons. The molecule has 4 aliphatic carbocycles. The zero-order chi connectivity index (χ0) is 93.3. The Morgan fingerprint density at radius 1 is 0.433 bits per heavy atom. The smallest absolute Gasteiger partial charge is 0.493 e. The van der Waals surface area contributed by atoms with Gasteiger partial charge in [0.1, 0.15) is 17.3 Å². The second-order valence-electron chi connectivity index (χ2n) is 36.3. The van der Waals surface area contributed by atoms with E-state index in [9.17, 15) is 56.2 Å². The van der Waals surface area contributed by atoms with Crippen molar-refractivity contribution in [1.29, 1.82) is 0 Å². The number of aromatic amines is 2. The molecular weight excluding hydrogens is 1720 g/mol. The number of Topliss-reactive ketones (excluding diaryl/α,β-unsaturated/α-hetero) is 1. The summed E-state index contributed by atoms with van der Waals surface area (Å²) in [6.07, 6.45) is 9.50. The summed E-state index contributed by atoms with van der Waals surface area (Å²) in [6, 6.07) is 73.8. The molecule has 22 nitrogen and oxygen atoms in total. The van der Waals surface area contributed by atoms with Crippen LogP contribution in [0.2, 0.25) is 0 Å². The highest BCUT2D eigenvalue weighted by molar-refractivity contribution is 7.88. The van der Waals surface area contributed by atoms with Crippen LogP contribution >= 0.6 is 0 Å². The van der Waals surface area contributed by atoms with Gasteiger partial charge in [-0.3, -0.25) is 24.0 Å². The number of aliphatic carboxylic acids is 1. The van der Waals surface area contributed by atoms with Gasteiger partial charge in [-0.15, -0.1) is 8.78 Å². The molecule has 0 unspecified atom stereocenters. The summed E-state index contributed by atoms with van der Waals surface area (Å²) in [7, 11) is -3.24. The number of carboxylic acid groups (broad SMARTS) is 2. The molecule has 0 spiro atoms. The number of halogens is 2. The predicted octanol–water partition coefficient (Wildman–Crippen LogP) is 22.3. The van der Waals surface area contributed by atoms with E-state index in [0.29, 0.717) is 54.4 Å². The number of aromatic nitrogens is 2. The van der Waals surface area contributed by atoms with E-state index < -0.39 is 49.9 Å².